The first-order valence-electron chi connectivity index (χ1n) is 9.15. The van der Waals surface area contributed by atoms with E-state index < -0.39 is 15.5 Å². The van der Waals surface area contributed by atoms with E-state index in [-0.39, 0.29) is 19.0 Å². The van der Waals surface area contributed by atoms with Gasteiger partial charge in [0.25, 0.3) is 0 Å². The molecule has 3 rings (SSSR count). The molecular weight excluding hydrogens is 405 g/mol. The summed E-state index contributed by atoms with van der Waals surface area (Å²) in [4.78, 5) is 4.37. The standard InChI is InChI=1S/C19H21F3N4O2S/c1-12-7-13(2)17-16(8-12)18(15(9-23)11-25-17)24-10-14-3-5-26(6-4-14)29(27,28)19(20,21)22/h7-8,11,14H,3-6,10H2,1-2H3,(H,24,25). The van der Waals surface area contributed by atoms with Crippen LogP contribution in [0.5, 0.6) is 0 Å². The van der Waals surface area contributed by atoms with E-state index in [4.69, 9.17) is 0 Å². The zero-order chi connectivity index (χ0) is 21.4. The Morgan fingerprint density at radius 2 is 1.93 bits per heavy atom. The van der Waals surface area contributed by atoms with Gasteiger partial charge in [-0.15, -0.1) is 0 Å². The molecule has 10 heteroatoms. The van der Waals surface area contributed by atoms with Crippen LogP contribution in [0.4, 0.5) is 18.9 Å². The molecule has 1 fully saturated rings. The Kier molecular flexibility index (Phi) is 5.74. The quantitative estimate of drug-likeness (QED) is 0.806. The molecule has 2 aromatic rings. The van der Waals surface area contributed by atoms with Crippen molar-refractivity contribution >= 4 is 26.6 Å². The van der Waals surface area contributed by atoms with Crippen LogP contribution in [-0.2, 0) is 10.0 Å². The highest BCUT2D eigenvalue weighted by Gasteiger charge is 2.50. The Morgan fingerprint density at radius 1 is 1.28 bits per heavy atom. The van der Waals surface area contributed by atoms with Crippen LogP contribution in [-0.4, -0.2) is 42.8 Å². The van der Waals surface area contributed by atoms with Gasteiger partial charge >= 0.3 is 15.5 Å². The van der Waals surface area contributed by atoms with Crippen LogP contribution >= 0.6 is 0 Å². The molecule has 6 nitrogen and oxygen atoms in total. The molecule has 1 aromatic carbocycles. The highest BCUT2D eigenvalue weighted by Crippen LogP contribution is 2.32. The minimum absolute atomic E-state index is 0.00431. The number of pyridine rings is 1. The van der Waals surface area contributed by atoms with Crippen molar-refractivity contribution in [1.29, 1.82) is 5.26 Å². The Hall–Kier alpha value is -2.38. The van der Waals surface area contributed by atoms with Crippen molar-refractivity contribution in [2.45, 2.75) is 32.2 Å². The molecule has 0 amide bonds. The zero-order valence-electron chi connectivity index (χ0n) is 16.0. The van der Waals surface area contributed by atoms with E-state index in [9.17, 15) is 26.9 Å². The van der Waals surface area contributed by atoms with Gasteiger partial charge in [-0.3, -0.25) is 4.98 Å². The topological polar surface area (TPSA) is 86.1 Å². The van der Waals surface area contributed by atoms with Gasteiger partial charge in [0.15, 0.2) is 0 Å². The van der Waals surface area contributed by atoms with Crippen molar-refractivity contribution in [3.8, 4) is 6.07 Å². The van der Waals surface area contributed by atoms with Gasteiger partial charge in [0, 0.05) is 31.2 Å². The highest BCUT2D eigenvalue weighted by atomic mass is 32.2. The monoisotopic (exact) mass is 426 g/mol. The second-order valence-electron chi connectivity index (χ2n) is 7.31. The first-order chi connectivity index (χ1) is 13.5. The van der Waals surface area contributed by atoms with Crippen molar-refractivity contribution in [1.82, 2.24) is 9.29 Å². The number of alkyl halides is 3. The van der Waals surface area contributed by atoms with Crippen LogP contribution in [0.2, 0.25) is 0 Å². The van der Waals surface area contributed by atoms with E-state index in [1.807, 2.05) is 26.0 Å². The number of rotatable bonds is 4. The van der Waals surface area contributed by atoms with Gasteiger partial charge < -0.3 is 5.32 Å². The molecular formula is C19H21F3N4O2S. The van der Waals surface area contributed by atoms with Crippen LogP contribution < -0.4 is 5.32 Å². The summed E-state index contributed by atoms with van der Waals surface area (Å²) >= 11 is 0. The normalized spacial score (nSPS) is 16.7. The lowest BCUT2D eigenvalue weighted by molar-refractivity contribution is -0.0496. The molecule has 1 aliphatic heterocycles. The number of sulfonamides is 1. The number of nitriles is 1. The molecule has 1 aromatic heterocycles. The molecule has 1 N–H and O–H groups in total. The van der Waals surface area contributed by atoms with Gasteiger partial charge in [-0.1, -0.05) is 11.6 Å². The van der Waals surface area contributed by atoms with E-state index in [2.05, 4.69) is 16.4 Å². The largest absolute Gasteiger partial charge is 0.511 e. The molecule has 0 saturated carbocycles. The summed E-state index contributed by atoms with van der Waals surface area (Å²) in [5.74, 6) is -0.00431. The third-order valence-electron chi connectivity index (χ3n) is 5.20. The Morgan fingerprint density at radius 3 is 2.52 bits per heavy atom. The number of piperidine rings is 1. The molecule has 0 radical (unpaired) electrons. The minimum atomic E-state index is -5.28. The van der Waals surface area contributed by atoms with E-state index in [0.717, 1.165) is 22.0 Å². The highest BCUT2D eigenvalue weighted by molar-refractivity contribution is 7.90. The smallest absolute Gasteiger partial charge is 0.383 e. The first-order valence-corrected chi connectivity index (χ1v) is 10.6. The Labute approximate surface area is 167 Å². The molecule has 29 heavy (non-hydrogen) atoms. The number of benzene rings is 1. The molecule has 2 heterocycles. The van der Waals surface area contributed by atoms with Gasteiger partial charge in [-0.2, -0.15) is 22.7 Å². The fourth-order valence-corrected chi connectivity index (χ4v) is 4.67. The van der Waals surface area contributed by atoms with Gasteiger partial charge in [0.1, 0.15) is 6.07 Å². The van der Waals surface area contributed by atoms with Crippen LogP contribution in [0.25, 0.3) is 10.9 Å². The van der Waals surface area contributed by atoms with Crippen molar-refractivity contribution in [3.05, 3.63) is 35.0 Å². The number of nitrogens with zero attached hydrogens (tertiary/aromatic N) is 3. The number of hydrogen-bond donors (Lipinski definition) is 1. The number of fused-ring (bicyclic) bond motifs is 1. The van der Waals surface area contributed by atoms with Crippen LogP contribution in [0.1, 0.15) is 29.5 Å². The van der Waals surface area contributed by atoms with E-state index in [1.54, 1.807) is 0 Å². The maximum atomic E-state index is 12.7. The number of aromatic nitrogens is 1. The summed E-state index contributed by atoms with van der Waals surface area (Å²) in [6.07, 6.45) is 2.13. The molecule has 0 atom stereocenters. The molecule has 0 aliphatic carbocycles. The first kappa shape index (κ1) is 21.3. The van der Waals surface area contributed by atoms with Crippen molar-refractivity contribution in [3.63, 3.8) is 0 Å². The predicted octanol–water partition coefficient (Wildman–Crippen LogP) is 3.70. The second-order valence-corrected chi connectivity index (χ2v) is 9.24. The van der Waals surface area contributed by atoms with Gasteiger partial charge in [-0.25, -0.2) is 8.42 Å². The predicted molar refractivity (Wildman–Crippen MR) is 104 cm³/mol. The number of halogens is 3. The Bertz CT molecular complexity index is 1070. The van der Waals surface area contributed by atoms with Crippen LogP contribution in [0.3, 0.4) is 0 Å². The second kappa shape index (κ2) is 7.80. The van der Waals surface area contributed by atoms with Crippen molar-refractivity contribution < 1.29 is 21.6 Å². The van der Waals surface area contributed by atoms with Gasteiger partial charge in [-0.05, 0) is 44.2 Å². The third kappa shape index (κ3) is 4.16. The van der Waals surface area contributed by atoms with Gasteiger partial charge in [0.05, 0.1) is 16.8 Å². The molecule has 156 valence electrons. The van der Waals surface area contributed by atoms with E-state index >= 15 is 0 Å². The molecule has 0 spiro atoms. The SMILES string of the molecule is Cc1cc(C)c2ncc(C#N)c(NCC3CCN(S(=O)(=O)C(F)(F)F)CC3)c2c1. The van der Waals surface area contributed by atoms with Crippen molar-refractivity contribution in [2.24, 2.45) is 5.92 Å². The maximum absolute atomic E-state index is 12.7. The summed E-state index contributed by atoms with van der Waals surface area (Å²) in [6, 6.07) is 6.06. The zero-order valence-corrected chi connectivity index (χ0v) is 16.9. The average molecular weight is 426 g/mol. The lowest BCUT2D eigenvalue weighted by Gasteiger charge is -2.31. The average Bonchev–Trinajstić information content (AvgIpc) is 2.65. The molecule has 1 saturated heterocycles. The lowest BCUT2D eigenvalue weighted by Crippen LogP contribution is -2.45. The van der Waals surface area contributed by atoms with Gasteiger partial charge in [0.2, 0.25) is 0 Å². The molecule has 0 unspecified atom stereocenters. The minimum Gasteiger partial charge on any atom is -0.383 e. The van der Waals surface area contributed by atoms with E-state index in [1.165, 1.54) is 6.20 Å². The molecule has 0 bridgehead atoms. The summed E-state index contributed by atoms with van der Waals surface area (Å²) in [7, 11) is -5.28. The summed E-state index contributed by atoms with van der Waals surface area (Å²) in [5.41, 5.74) is -1.44. The summed E-state index contributed by atoms with van der Waals surface area (Å²) in [5, 5.41) is 13.5. The van der Waals surface area contributed by atoms with Crippen LogP contribution in [0, 0.1) is 31.1 Å². The number of aryl methyl sites for hydroxylation is 2. The fraction of sp³-hybridized carbons (Fsp3) is 0.474. The van der Waals surface area contributed by atoms with Crippen molar-refractivity contribution in [2.75, 3.05) is 25.0 Å². The number of anilines is 1. The summed E-state index contributed by atoms with van der Waals surface area (Å²) in [6.45, 7) is 3.98. The Balaban J connectivity index is 1.75. The number of nitrogens with one attached hydrogen (secondary N) is 1. The molecule has 1 aliphatic rings. The maximum Gasteiger partial charge on any atom is 0.511 e. The van der Waals surface area contributed by atoms with E-state index in [0.29, 0.717) is 34.9 Å². The number of hydrogen-bond acceptors (Lipinski definition) is 5. The fourth-order valence-electron chi connectivity index (χ4n) is 3.68. The lowest BCUT2D eigenvalue weighted by atomic mass is 9.97. The third-order valence-corrected chi connectivity index (χ3v) is 6.83. The van der Waals surface area contributed by atoms with Crippen LogP contribution in [0.15, 0.2) is 18.3 Å². The summed E-state index contributed by atoms with van der Waals surface area (Å²) < 4.78 is 61.7.